The average molecular weight is 266 g/mol. The van der Waals surface area contributed by atoms with Gasteiger partial charge in [-0.1, -0.05) is 6.92 Å². The van der Waals surface area contributed by atoms with Crippen LogP contribution in [0.4, 0.5) is 0 Å². The van der Waals surface area contributed by atoms with Crippen molar-refractivity contribution in [1.82, 2.24) is 4.98 Å². The summed E-state index contributed by atoms with van der Waals surface area (Å²) in [5.74, 6) is 0.589. The van der Waals surface area contributed by atoms with E-state index in [4.69, 9.17) is 10.7 Å². The Bertz CT molecular complexity index is 473. The summed E-state index contributed by atoms with van der Waals surface area (Å²) >= 11 is 3.53. The van der Waals surface area contributed by atoms with Crippen LogP contribution in [-0.4, -0.2) is 11.5 Å². The van der Waals surface area contributed by atoms with Crippen molar-refractivity contribution in [3.05, 3.63) is 27.4 Å². The van der Waals surface area contributed by atoms with Gasteiger partial charge in [0.2, 0.25) is 0 Å². The molecule has 2 nitrogen and oxygen atoms in total. The quantitative estimate of drug-likeness (QED) is 0.896. The minimum absolute atomic E-state index is 0.589. The first-order chi connectivity index (χ1) is 8.20. The molecule has 0 aliphatic rings. The monoisotopic (exact) mass is 266 g/mol. The van der Waals surface area contributed by atoms with Crippen molar-refractivity contribution in [3.63, 3.8) is 0 Å². The highest BCUT2D eigenvalue weighted by Gasteiger charge is 2.09. The fourth-order valence-corrected chi connectivity index (χ4v) is 3.42. The van der Waals surface area contributed by atoms with Gasteiger partial charge >= 0.3 is 0 Å². The lowest BCUT2D eigenvalue weighted by Crippen LogP contribution is -2.11. The van der Waals surface area contributed by atoms with Crippen molar-refractivity contribution in [2.24, 2.45) is 11.7 Å². The van der Waals surface area contributed by atoms with E-state index in [2.05, 4.69) is 30.7 Å². The number of hydrogen-bond donors (Lipinski definition) is 1. The topological polar surface area (TPSA) is 38.9 Å². The minimum atomic E-state index is 0.589. The first-order valence-corrected chi connectivity index (χ1v) is 7.65. The molecule has 0 radical (unpaired) electrons. The fourth-order valence-electron chi connectivity index (χ4n) is 1.65. The molecule has 0 saturated carbocycles. The van der Waals surface area contributed by atoms with Gasteiger partial charge in [0, 0.05) is 5.38 Å². The highest BCUT2D eigenvalue weighted by Crippen LogP contribution is 2.30. The summed E-state index contributed by atoms with van der Waals surface area (Å²) in [6.45, 7) is 5.10. The highest BCUT2D eigenvalue weighted by atomic mass is 32.1. The van der Waals surface area contributed by atoms with Crippen LogP contribution in [0.5, 0.6) is 0 Å². The van der Waals surface area contributed by atoms with E-state index < -0.39 is 0 Å². The molecule has 0 aliphatic heterocycles. The summed E-state index contributed by atoms with van der Waals surface area (Å²) in [5, 5.41) is 5.52. The lowest BCUT2D eigenvalue weighted by Gasteiger charge is -2.05. The second-order valence-corrected chi connectivity index (χ2v) is 6.30. The number of thiazole rings is 1. The number of aryl methyl sites for hydroxylation is 2. The maximum absolute atomic E-state index is 5.62. The molecule has 0 amide bonds. The molecule has 1 unspecified atom stereocenters. The zero-order chi connectivity index (χ0) is 12.3. The molecule has 2 aromatic rings. The molecule has 1 atom stereocenters. The van der Waals surface area contributed by atoms with Gasteiger partial charge in [-0.3, -0.25) is 0 Å². The number of nitrogens with two attached hydrogens (primary N) is 1. The van der Waals surface area contributed by atoms with Crippen LogP contribution >= 0.6 is 22.7 Å². The third-order valence-corrected chi connectivity index (χ3v) is 4.85. The first-order valence-electron chi connectivity index (χ1n) is 5.89. The molecule has 0 bridgehead atoms. The maximum Gasteiger partial charge on any atom is 0.0933 e. The van der Waals surface area contributed by atoms with Gasteiger partial charge in [-0.05, 0) is 49.2 Å². The molecule has 0 saturated heterocycles. The van der Waals surface area contributed by atoms with Crippen molar-refractivity contribution in [2.45, 2.75) is 26.7 Å². The number of hydrogen-bond acceptors (Lipinski definition) is 4. The summed E-state index contributed by atoms with van der Waals surface area (Å²) < 4.78 is 0. The molecule has 0 spiro atoms. The molecule has 0 fully saturated rings. The van der Waals surface area contributed by atoms with Crippen LogP contribution in [0.1, 0.15) is 23.9 Å². The van der Waals surface area contributed by atoms with Crippen LogP contribution in [0.3, 0.4) is 0 Å². The Morgan fingerprint density at radius 1 is 1.41 bits per heavy atom. The van der Waals surface area contributed by atoms with Crippen LogP contribution < -0.4 is 5.73 Å². The first kappa shape index (κ1) is 12.7. The molecular formula is C13H18N2S2. The van der Waals surface area contributed by atoms with E-state index in [0.717, 1.165) is 25.1 Å². The lowest BCUT2D eigenvalue weighted by atomic mass is 10.1. The fraction of sp³-hybridized carbons (Fsp3) is 0.462. The normalized spacial score (nSPS) is 12.9. The lowest BCUT2D eigenvalue weighted by molar-refractivity contribution is 0.544. The van der Waals surface area contributed by atoms with E-state index in [1.165, 1.54) is 15.4 Å². The van der Waals surface area contributed by atoms with Crippen LogP contribution in [-0.2, 0) is 6.42 Å². The number of thiophene rings is 1. The van der Waals surface area contributed by atoms with Gasteiger partial charge in [0.05, 0.1) is 15.6 Å². The van der Waals surface area contributed by atoms with Crippen LogP contribution in [0.15, 0.2) is 16.8 Å². The van der Waals surface area contributed by atoms with E-state index in [1.807, 2.05) is 0 Å². The second-order valence-electron chi connectivity index (χ2n) is 4.44. The number of rotatable bonds is 5. The molecule has 2 aromatic heterocycles. The smallest absolute Gasteiger partial charge is 0.0933 e. The van der Waals surface area contributed by atoms with Crippen molar-refractivity contribution < 1.29 is 0 Å². The largest absolute Gasteiger partial charge is 0.330 e. The maximum atomic E-state index is 5.62. The van der Waals surface area contributed by atoms with Gasteiger partial charge < -0.3 is 5.73 Å². The molecule has 2 rings (SSSR count). The van der Waals surface area contributed by atoms with Crippen LogP contribution in [0.25, 0.3) is 10.6 Å². The molecule has 17 heavy (non-hydrogen) atoms. The van der Waals surface area contributed by atoms with E-state index >= 15 is 0 Å². The predicted molar refractivity (Wildman–Crippen MR) is 76.7 cm³/mol. The van der Waals surface area contributed by atoms with E-state index in [0.29, 0.717) is 5.92 Å². The Morgan fingerprint density at radius 2 is 2.24 bits per heavy atom. The Hall–Kier alpha value is -0.710. The van der Waals surface area contributed by atoms with Gasteiger partial charge in [0.25, 0.3) is 0 Å². The van der Waals surface area contributed by atoms with Crippen molar-refractivity contribution in [3.8, 4) is 10.6 Å². The van der Waals surface area contributed by atoms with Gasteiger partial charge in [0.1, 0.15) is 0 Å². The van der Waals surface area contributed by atoms with Crippen LogP contribution in [0, 0.1) is 12.8 Å². The summed E-state index contributed by atoms with van der Waals surface area (Å²) in [6.07, 6.45) is 2.18. The Morgan fingerprint density at radius 3 is 2.88 bits per heavy atom. The summed E-state index contributed by atoms with van der Waals surface area (Å²) in [7, 11) is 0. The average Bonchev–Trinajstić information content (AvgIpc) is 2.94. The van der Waals surface area contributed by atoms with E-state index in [1.54, 1.807) is 22.7 Å². The van der Waals surface area contributed by atoms with Crippen LogP contribution in [0.2, 0.25) is 0 Å². The molecule has 0 aliphatic carbocycles. The van der Waals surface area contributed by atoms with Gasteiger partial charge in [-0.25, -0.2) is 4.98 Å². The van der Waals surface area contributed by atoms with Gasteiger partial charge in [-0.2, -0.15) is 0 Å². The second kappa shape index (κ2) is 5.76. The van der Waals surface area contributed by atoms with Gasteiger partial charge in [0.15, 0.2) is 0 Å². The standard InChI is InChI=1S/C13H18N2S2/c1-9(7-14)3-4-12-15-11(8-17-12)13-10(2)5-6-16-13/h5-6,8-9H,3-4,7,14H2,1-2H3. The van der Waals surface area contributed by atoms with Gasteiger partial charge in [-0.15, -0.1) is 22.7 Å². The zero-order valence-electron chi connectivity index (χ0n) is 10.3. The number of aromatic nitrogens is 1. The Balaban J connectivity index is 2.04. The van der Waals surface area contributed by atoms with E-state index in [-0.39, 0.29) is 0 Å². The third kappa shape index (κ3) is 3.15. The summed E-state index contributed by atoms with van der Waals surface area (Å²) in [4.78, 5) is 6.01. The summed E-state index contributed by atoms with van der Waals surface area (Å²) in [6, 6.07) is 2.15. The van der Waals surface area contributed by atoms with Crippen molar-refractivity contribution >= 4 is 22.7 Å². The summed E-state index contributed by atoms with van der Waals surface area (Å²) in [5.41, 5.74) is 8.08. The van der Waals surface area contributed by atoms with Crippen molar-refractivity contribution in [2.75, 3.05) is 6.54 Å². The van der Waals surface area contributed by atoms with E-state index in [9.17, 15) is 0 Å². The molecule has 4 heteroatoms. The molecule has 2 N–H and O–H groups in total. The molecular weight excluding hydrogens is 248 g/mol. The zero-order valence-corrected chi connectivity index (χ0v) is 11.9. The SMILES string of the molecule is Cc1ccsc1-c1csc(CCC(C)CN)n1. The highest BCUT2D eigenvalue weighted by molar-refractivity contribution is 7.14. The molecule has 2 heterocycles. The third-order valence-electron chi connectivity index (χ3n) is 2.90. The van der Waals surface area contributed by atoms with Crippen molar-refractivity contribution in [1.29, 1.82) is 0 Å². The Labute approximate surface area is 111 Å². The minimum Gasteiger partial charge on any atom is -0.330 e. The predicted octanol–water partition coefficient (Wildman–Crippen LogP) is 3.71. The molecule has 0 aromatic carbocycles. The molecule has 92 valence electrons. The Kier molecular flexibility index (Phi) is 4.31. The number of nitrogens with zero attached hydrogens (tertiary/aromatic N) is 1.